The van der Waals surface area contributed by atoms with Crippen LogP contribution < -0.4 is 14.6 Å². The van der Waals surface area contributed by atoms with Crippen LogP contribution >= 0.6 is 0 Å². The Morgan fingerprint density at radius 1 is 0.750 bits per heavy atom. The molecule has 8 rings (SSSR count). The molecule has 1 aromatic heterocycles. The Morgan fingerprint density at radius 3 is 2.08 bits per heavy atom. The van der Waals surface area contributed by atoms with Gasteiger partial charge in [-0.1, -0.05) is 36.4 Å². The molecule has 4 aliphatic heterocycles. The van der Waals surface area contributed by atoms with E-state index in [1.807, 2.05) is 65.7 Å². The van der Waals surface area contributed by atoms with E-state index in [2.05, 4.69) is 5.10 Å². The van der Waals surface area contributed by atoms with E-state index in [1.54, 1.807) is 42.4 Å². The van der Waals surface area contributed by atoms with Gasteiger partial charge in [-0.25, -0.2) is 4.90 Å². The zero-order valence-electron chi connectivity index (χ0n) is 21.4. The van der Waals surface area contributed by atoms with Crippen LogP contribution in [0.1, 0.15) is 5.69 Å². The van der Waals surface area contributed by atoms with Crippen LogP contribution in [0.4, 0.5) is 11.4 Å². The molecule has 6 unspecified atom stereocenters. The van der Waals surface area contributed by atoms with E-state index in [1.165, 1.54) is 4.90 Å². The average Bonchev–Trinajstić information content (AvgIpc) is 3.81. The molecule has 3 fully saturated rings. The lowest BCUT2D eigenvalue weighted by atomic mass is 9.70. The summed E-state index contributed by atoms with van der Waals surface area (Å²) in [4.78, 5) is 30.5. The summed E-state index contributed by atoms with van der Waals surface area (Å²) in [6, 6.07) is 26.2. The van der Waals surface area contributed by atoms with Gasteiger partial charge in [-0.15, -0.1) is 5.10 Å². The topological polar surface area (TPSA) is 102 Å². The minimum absolute atomic E-state index is 0.234. The SMILES string of the molecule is COc1ccc(N2C(=O)C3C4OC(C3C2=O)C2C4C(c3cnn(-c4ccccc4)n3)=NN2c2ccccc2)cc1. The number of hydrogen-bond acceptors (Lipinski definition) is 8. The lowest BCUT2D eigenvalue weighted by molar-refractivity contribution is -0.125. The smallest absolute Gasteiger partial charge is 0.240 e. The van der Waals surface area contributed by atoms with Crippen molar-refractivity contribution in [1.82, 2.24) is 15.0 Å². The van der Waals surface area contributed by atoms with Crippen molar-refractivity contribution >= 4 is 28.9 Å². The summed E-state index contributed by atoms with van der Waals surface area (Å²) in [5, 5.41) is 16.2. The second-order valence-electron chi connectivity index (χ2n) is 10.4. The highest BCUT2D eigenvalue weighted by Crippen LogP contribution is 2.56. The Morgan fingerprint density at radius 2 is 1.40 bits per heavy atom. The molecule has 0 saturated carbocycles. The molecule has 4 aliphatic rings. The van der Waals surface area contributed by atoms with Crippen LogP contribution in [0.3, 0.4) is 0 Å². The van der Waals surface area contributed by atoms with Gasteiger partial charge in [0.1, 0.15) is 11.4 Å². The first kappa shape index (κ1) is 23.1. The number of carbonyl (C=O) groups excluding carboxylic acids is 2. The maximum Gasteiger partial charge on any atom is 0.240 e. The Kier molecular flexibility index (Phi) is 4.96. The van der Waals surface area contributed by atoms with Gasteiger partial charge in [0.25, 0.3) is 0 Å². The van der Waals surface area contributed by atoms with Crippen LogP contribution in [0.2, 0.25) is 0 Å². The number of aromatic nitrogens is 3. The summed E-state index contributed by atoms with van der Waals surface area (Å²) in [6.07, 6.45) is 0.700. The molecule has 0 aliphatic carbocycles. The number of rotatable bonds is 5. The molecule has 10 heteroatoms. The summed E-state index contributed by atoms with van der Waals surface area (Å²) < 4.78 is 11.7. The van der Waals surface area contributed by atoms with E-state index in [0.717, 1.165) is 11.4 Å². The van der Waals surface area contributed by atoms with Crippen LogP contribution in [0.15, 0.2) is 96.2 Å². The molecule has 2 amide bonds. The number of imide groups is 1. The van der Waals surface area contributed by atoms with Gasteiger partial charge >= 0.3 is 0 Å². The van der Waals surface area contributed by atoms with Gasteiger partial charge in [0, 0.05) is 0 Å². The number of para-hydroxylation sites is 2. The van der Waals surface area contributed by atoms with Gasteiger partial charge in [-0.2, -0.15) is 15.0 Å². The molecule has 0 radical (unpaired) electrons. The number of carbonyl (C=O) groups is 2. The van der Waals surface area contributed by atoms with E-state index >= 15 is 0 Å². The van der Waals surface area contributed by atoms with Crippen molar-refractivity contribution in [3.8, 4) is 11.4 Å². The first-order valence-electron chi connectivity index (χ1n) is 13.2. The number of ether oxygens (including phenoxy) is 2. The quantitative estimate of drug-likeness (QED) is 0.364. The highest BCUT2D eigenvalue weighted by atomic mass is 16.5. The van der Waals surface area contributed by atoms with Crippen LogP contribution in [0.25, 0.3) is 5.69 Å². The Labute approximate surface area is 229 Å². The summed E-state index contributed by atoms with van der Waals surface area (Å²) in [7, 11) is 1.58. The fourth-order valence-corrected chi connectivity index (χ4v) is 6.70. The molecule has 6 atom stereocenters. The zero-order valence-corrected chi connectivity index (χ0v) is 21.4. The first-order chi connectivity index (χ1) is 19.6. The largest absolute Gasteiger partial charge is 0.497 e. The van der Waals surface area contributed by atoms with Gasteiger partial charge in [-0.05, 0) is 48.5 Å². The third kappa shape index (κ3) is 3.16. The third-order valence-electron chi connectivity index (χ3n) is 8.39. The van der Waals surface area contributed by atoms with Gasteiger partial charge < -0.3 is 9.47 Å². The molecule has 0 spiro atoms. The second kappa shape index (κ2) is 8.59. The van der Waals surface area contributed by atoms with E-state index in [0.29, 0.717) is 22.8 Å². The van der Waals surface area contributed by atoms with Gasteiger partial charge in [-0.3, -0.25) is 14.6 Å². The fraction of sp³-hybridized carbons (Fsp3) is 0.233. The number of fused-ring (bicyclic) bond motifs is 8. The zero-order chi connectivity index (χ0) is 27.0. The maximum atomic E-state index is 13.8. The van der Waals surface area contributed by atoms with E-state index < -0.39 is 24.0 Å². The van der Waals surface area contributed by atoms with Crippen molar-refractivity contribution in [2.75, 3.05) is 17.0 Å². The van der Waals surface area contributed by atoms with Gasteiger partial charge in [0.05, 0.1) is 72.1 Å². The number of methoxy groups -OCH3 is 1. The molecular formula is C30H24N6O4. The lowest BCUT2D eigenvalue weighted by Crippen LogP contribution is -2.50. The summed E-state index contributed by atoms with van der Waals surface area (Å²) in [5.41, 5.74) is 3.59. The molecule has 0 N–H and O–H groups in total. The molecule has 5 heterocycles. The molecule has 4 aromatic rings. The van der Waals surface area contributed by atoms with E-state index in [9.17, 15) is 9.59 Å². The minimum Gasteiger partial charge on any atom is -0.497 e. The second-order valence-corrected chi connectivity index (χ2v) is 10.4. The number of anilines is 2. The van der Waals surface area contributed by atoms with Crippen molar-refractivity contribution in [3.05, 3.63) is 96.8 Å². The number of amides is 2. The minimum atomic E-state index is -0.592. The van der Waals surface area contributed by atoms with Gasteiger partial charge in [0.15, 0.2) is 0 Å². The predicted octanol–water partition coefficient (Wildman–Crippen LogP) is 3.07. The van der Waals surface area contributed by atoms with Crippen LogP contribution in [-0.4, -0.2) is 57.9 Å². The van der Waals surface area contributed by atoms with Crippen molar-refractivity contribution in [3.63, 3.8) is 0 Å². The molecule has 3 saturated heterocycles. The molecule has 198 valence electrons. The summed E-state index contributed by atoms with van der Waals surface area (Å²) in [6.45, 7) is 0. The number of benzene rings is 3. The lowest BCUT2D eigenvalue weighted by Gasteiger charge is -2.32. The molecule has 2 bridgehead atoms. The molecule has 3 aromatic carbocycles. The third-order valence-corrected chi connectivity index (χ3v) is 8.39. The predicted molar refractivity (Wildman–Crippen MR) is 145 cm³/mol. The molecule has 40 heavy (non-hydrogen) atoms. The van der Waals surface area contributed by atoms with Crippen molar-refractivity contribution < 1.29 is 19.1 Å². The fourth-order valence-electron chi connectivity index (χ4n) is 6.70. The normalized spacial score (nSPS) is 28.2. The van der Waals surface area contributed by atoms with E-state index in [4.69, 9.17) is 19.7 Å². The Balaban J connectivity index is 1.19. The van der Waals surface area contributed by atoms with Crippen molar-refractivity contribution in [2.24, 2.45) is 22.9 Å². The highest BCUT2D eigenvalue weighted by Gasteiger charge is 2.72. The summed E-state index contributed by atoms with van der Waals surface area (Å²) >= 11 is 0. The van der Waals surface area contributed by atoms with Crippen molar-refractivity contribution in [2.45, 2.75) is 18.2 Å². The number of nitrogens with zero attached hydrogens (tertiary/aromatic N) is 6. The van der Waals surface area contributed by atoms with Crippen LogP contribution in [0, 0.1) is 17.8 Å². The van der Waals surface area contributed by atoms with Crippen molar-refractivity contribution in [1.29, 1.82) is 0 Å². The Hall–Kier alpha value is -4.83. The maximum absolute atomic E-state index is 13.8. The molecule has 10 nitrogen and oxygen atoms in total. The standard InChI is InChI=1S/C30H24N6O4/c1-39-20-14-12-17(13-15-20)34-29(37)22-23(30(34)38)28-26-24(27(22)40-28)25(33-35(26)18-8-4-2-5-9-18)21-16-31-36(32-21)19-10-6-3-7-11-19/h2-16,22-24,26-28H,1H3. The molecular weight excluding hydrogens is 508 g/mol. The number of hydrogen-bond donors (Lipinski definition) is 0. The van der Waals surface area contributed by atoms with Gasteiger partial charge in [0.2, 0.25) is 11.8 Å². The average molecular weight is 533 g/mol. The van der Waals surface area contributed by atoms with Crippen LogP contribution in [-0.2, 0) is 14.3 Å². The first-order valence-corrected chi connectivity index (χ1v) is 13.2. The highest BCUT2D eigenvalue weighted by molar-refractivity contribution is 6.23. The Bertz CT molecular complexity index is 1650. The number of hydrazone groups is 1. The van der Waals surface area contributed by atoms with Crippen LogP contribution in [0.5, 0.6) is 5.75 Å². The monoisotopic (exact) mass is 532 g/mol. The van der Waals surface area contributed by atoms with E-state index in [-0.39, 0.29) is 23.8 Å². The summed E-state index contributed by atoms with van der Waals surface area (Å²) in [5.74, 6) is -1.24.